The maximum atomic E-state index is 12.7. The molecule has 2 aliphatic carbocycles. The van der Waals surface area contributed by atoms with Gasteiger partial charge in [-0.3, -0.25) is 9.89 Å². The summed E-state index contributed by atoms with van der Waals surface area (Å²) >= 11 is 0. The summed E-state index contributed by atoms with van der Waals surface area (Å²) in [6.45, 7) is 1.34. The third-order valence-corrected chi connectivity index (χ3v) is 6.27. The SMILES string of the molecule is O=C(CCc1n[nH]c2c1CCCC2)N1CCc2oc(C3CCC3)nc2C1. The molecule has 1 N–H and O–H groups in total. The van der Waals surface area contributed by atoms with Crippen molar-refractivity contribution in [3.8, 4) is 0 Å². The van der Waals surface area contributed by atoms with Crippen LogP contribution in [0.3, 0.4) is 0 Å². The topological polar surface area (TPSA) is 75.0 Å². The van der Waals surface area contributed by atoms with Gasteiger partial charge in [0.2, 0.25) is 5.91 Å². The summed E-state index contributed by atoms with van der Waals surface area (Å²) in [6.07, 6.45) is 10.4. The maximum absolute atomic E-state index is 12.7. The molecule has 1 amide bonds. The largest absolute Gasteiger partial charge is 0.445 e. The fraction of sp³-hybridized carbons (Fsp3) is 0.650. The van der Waals surface area contributed by atoms with Crippen LogP contribution in [0.15, 0.2) is 4.42 Å². The summed E-state index contributed by atoms with van der Waals surface area (Å²) in [5.74, 6) is 2.61. The van der Waals surface area contributed by atoms with Gasteiger partial charge in [0, 0.05) is 37.4 Å². The van der Waals surface area contributed by atoms with Gasteiger partial charge in [-0.2, -0.15) is 5.10 Å². The van der Waals surface area contributed by atoms with Crippen LogP contribution < -0.4 is 0 Å². The van der Waals surface area contributed by atoms with Crippen LogP contribution in [0.1, 0.15) is 78.7 Å². The minimum Gasteiger partial charge on any atom is -0.445 e. The highest BCUT2D eigenvalue weighted by atomic mass is 16.4. The molecule has 6 heteroatoms. The molecule has 0 aromatic carbocycles. The molecule has 0 atom stereocenters. The number of aromatic nitrogens is 3. The molecule has 138 valence electrons. The van der Waals surface area contributed by atoms with Crippen molar-refractivity contribution < 1.29 is 9.21 Å². The Kier molecular flexibility index (Phi) is 4.06. The van der Waals surface area contributed by atoms with Gasteiger partial charge in [-0.15, -0.1) is 0 Å². The number of nitrogens with one attached hydrogen (secondary N) is 1. The van der Waals surface area contributed by atoms with Crippen molar-refractivity contribution in [3.63, 3.8) is 0 Å². The summed E-state index contributed by atoms with van der Waals surface area (Å²) in [6, 6.07) is 0. The van der Waals surface area contributed by atoms with Crippen molar-refractivity contribution in [1.82, 2.24) is 20.1 Å². The molecule has 26 heavy (non-hydrogen) atoms. The number of carbonyl (C=O) groups excluding carboxylic acids is 1. The first-order valence-electron chi connectivity index (χ1n) is 10.1. The van der Waals surface area contributed by atoms with Crippen LogP contribution in [0.2, 0.25) is 0 Å². The lowest BCUT2D eigenvalue weighted by Crippen LogP contribution is -2.36. The van der Waals surface area contributed by atoms with E-state index < -0.39 is 0 Å². The first kappa shape index (κ1) is 16.1. The molecule has 3 heterocycles. The lowest BCUT2D eigenvalue weighted by Gasteiger charge is -2.25. The van der Waals surface area contributed by atoms with E-state index in [0.29, 0.717) is 18.9 Å². The van der Waals surface area contributed by atoms with Gasteiger partial charge in [-0.05, 0) is 44.1 Å². The van der Waals surface area contributed by atoms with E-state index in [4.69, 9.17) is 9.40 Å². The highest BCUT2D eigenvalue weighted by Crippen LogP contribution is 2.37. The van der Waals surface area contributed by atoms with Crippen LogP contribution in [-0.4, -0.2) is 32.5 Å². The molecule has 0 saturated heterocycles. The first-order chi connectivity index (χ1) is 12.8. The number of carbonyl (C=O) groups is 1. The second-order valence-electron chi connectivity index (χ2n) is 7.95. The van der Waals surface area contributed by atoms with Crippen LogP contribution in [0.25, 0.3) is 0 Å². The molecule has 0 unspecified atom stereocenters. The molecular formula is C20H26N4O2. The van der Waals surface area contributed by atoms with Crippen LogP contribution in [0, 0.1) is 0 Å². The number of hydrogen-bond acceptors (Lipinski definition) is 4. The third-order valence-electron chi connectivity index (χ3n) is 6.27. The van der Waals surface area contributed by atoms with E-state index in [0.717, 1.165) is 55.3 Å². The molecule has 1 aliphatic heterocycles. The predicted molar refractivity (Wildman–Crippen MR) is 95.8 cm³/mol. The van der Waals surface area contributed by atoms with E-state index in [2.05, 4.69) is 10.2 Å². The molecule has 1 fully saturated rings. The normalized spacial score (nSPS) is 19.8. The van der Waals surface area contributed by atoms with Crippen molar-refractivity contribution in [3.05, 3.63) is 34.3 Å². The quantitative estimate of drug-likeness (QED) is 0.916. The minimum absolute atomic E-state index is 0.205. The van der Waals surface area contributed by atoms with Crippen molar-refractivity contribution in [2.45, 2.75) is 76.7 Å². The molecule has 5 rings (SSSR count). The summed E-state index contributed by atoms with van der Waals surface area (Å²) < 4.78 is 5.96. The summed E-state index contributed by atoms with van der Waals surface area (Å²) in [5, 5.41) is 7.64. The van der Waals surface area contributed by atoms with E-state index in [1.807, 2.05) is 4.90 Å². The predicted octanol–water partition coefficient (Wildman–Crippen LogP) is 3.06. The van der Waals surface area contributed by atoms with Gasteiger partial charge in [0.05, 0.1) is 12.2 Å². The Morgan fingerprint density at radius 3 is 2.92 bits per heavy atom. The number of nitrogens with zero attached hydrogens (tertiary/aromatic N) is 3. The zero-order chi connectivity index (χ0) is 17.5. The maximum Gasteiger partial charge on any atom is 0.223 e. The molecule has 6 nitrogen and oxygen atoms in total. The number of aryl methyl sites for hydroxylation is 2. The molecule has 0 bridgehead atoms. The zero-order valence-corrected chi connectivity index (χ0v) is 15.2. The average molecular weight is 354 g/mol. The fourth-order valence-corrected chi connectivity index (χ4v) is 4.40. The number of rotatable bonds is 4. The Bertz CT molecular complexity index is 818. The van der Waals surface area contributed by atoms with Crippen molar-refractivity contribution >= 4 is 5.91 Å². The van der Waals surface area contributed by atoms with Crippen LogP contribution in [0.4, 0.5) is 0 Å². The Hall–Kier alpha value is -2.11. The average Bonchev–Trinajstić information content (AvgIpc) is 3.21. The first-order valence-corrected chi connectivity index (χ1v) is 10.1. The van der Waals surface area contributed by atoms with Crippen molar-refractivity contribution in [2.75, 3.05) is 6.54 Å². The number of aromatic amines is 1. The number of H-pyrrole nitrogens is 1. The number of fused-ring (bicyclic) bond motifs is 2. The number of oxazole rings is 1. The van der Waals surface area contributed by atoms with Gasteiger partial charge in [0.15, 0.2) is 5.89 Å². The van der Waals surface area contributed by atoms with Gasteiger partial charge in [0.1, 0.15) is 11.5 Å². The number of amides is 1. The molecule has 0 spiro atoms. The van der Waals surface area contributed by atoms with Gasteiger partial charge in [0.25, 0.3) is 0 Å². The lowest BCUT2D eigenvalue weighted by molar-refractivity contribution is -0.132. The van der Waals surface area contributed by atoms with E-state index in [-0.39, 0.29) is 5.91 Å². The fourth-order valence-electron chi connectivity index (χ4n) is 4.40. The molecular weight excluding hydrogens is 328 g/mol. The van der Waals surface area contributed by atoms with E-state index >= 15 is 0 Å². The highest BCUT2D eigenvalue weighted by molar-refractivity contribution is 5.76. The van der Waals surface area contributed by atoms with Crippen molar-refractivity contribution in [2.24, 2.45) is 0 Å². The molecule has 2 aromatic heterocycles. The smallest absolute Gasteiger partial charge is 0.223 e. The Balaban J connectivity index is 1.21. The third kappa shape index (κ3) is 2.85. The Morgan fingerprint density at radius 2 is 2.08 bits per heavy atom. The molecule has 1 saturated carbocycles. The van der Waals surface area contributed by atoms with E-state index in [1.165, 1.54) is 43.4 Å². The summed E-state index contributed by atoms with van der Waals surface area (Å²) in [7, 11) is 0. The van der Waals surface area contributed by atoms with Gasteiger partial charge < -0.3 is 9.32 Å². The van der Waals surface area contributed by atoms with Crippen LogP contribution in [-0.2, 0) is 37.0 Å². The highest BCUT2D eigenvalue weighted by Gasteiger charge is 2.30. The van der Waals surface area contributed by atoms with E-state index in [1.54, 1.807) is 0 Å². The lowest BCUT2D eigenvalue weighted by atomic mass is 9.85. The Labute approximate surface area is 153 Å². The molecule has 3 aliphatic rings. The second-order valence-corrected chi connectivity index (χ2v) is 7.95. The van der Waals surface area contributed by atoms with Crippen LogP contribution in [0.5, 0.6) is 0 Å². The summed E-state index contributed by atoms with van der Waals surface area (Å²) in [4.78, 5) is 19.3. The second kappa shape index (κ2) is 6.56. The van der Waals surface area contributed by atoms with Gasteiger partial charge in [-0.1, -0.05) is 6.42 Å². The molecule has 2 aromatic rings. The standard InChI is InChI=1S/C20H26N4O2/c25-19(9-8-16-14-6-1-2-7-15(14)22-23-16)24-11-10-18-17(12-24)21-20(26-18)13-4-3-5-13/h13H,1-12H2,(H,22,23). The molecule has 0 radical (unpaired) electrons. The zero-order valence-electron chi connectivity index (χ0n) is 15.2. The van der Waals surface area contributed by atoms with Crippen LogP contribution >= 0.6 is 0 Å². The van der Waals surface area contributed by atoms with Gasteiger partial charge in [-0.25, -0.2) is 4.98 Å². The Morgan fingerprint density at radius 1 is 1.19 bits per heavy atom. The monoisotopic (exact) mass is 354 g/mol. The van der Waals surface area contributed by atoms with E-state index in [9.17, 15) is 4.79 Å². The van der Waals surface area contributed by atoms with Gasteiger partial charge >= 0.3 is 0 Å². The minimum atomic E-state index is 0.205. The summed E-state index contributed by atoms with van der Waals surface area (Å²) in [5.41, 5.74) is 4.72. The number of hydrogen-bond donors (Lipinski definition) is 1. The van der Waals surface area contributed by atoms with Crippen molar-refractivity contribution in [1.29, 1.82) is 0 Å².